The van der Waals surface area contributed by atoms with Crippen molar-refractivity contribution in [3.63, 3.8) is 0 Å². The number of aliphatic imine (C=N–C) groups is 1. The summed E-state index contributed by atoms with van der Waals surface area (Å²) in [5.74, 6) is 0.247. The summed E-state index contributed by atoms with van der Waals surface area (Å²) >= 11 is 0. The van der Waals surface area contributed by atoms with Gasteiger partial charge < -0.3 is 10.4 Å². The fourth-order valence-electron chi connectivity index (χ4n) is 2.25. The minimum absolute atomic E-state index is 0.0224. The molecule has 4 nitrogen and oxygen atoms in total. The summed E-state index contributed by atoms with van der Waals surface area (Å²) in [6.45, 7) is 4.57. The van der Waals surface area contributed by atoms with Crippen LogP contribution in [0.2, 0.25) is 0 Å². The highest BCUT2D eigenvalue weighted by Gasteiger charge is 2.03. The molecule has 0 aromatic heterocycles. The van der Waals surface area contributed by atoms with Crippen molar-refractivity contribution in [2.75, 3.05) is 13.1 Å². The first kappa shape index (κ1) is 15.8. The maximum Gasteiger partial charge on any atom is 0.154 e. The number of carbonyl (C=O) groups is 1. The Bertz CT molecular complexity index is 733. The smallest absolute Gasteiger partial charge is 0.154 e. The Balaban J connectivity index is 2.02. The van der Waals surface area contributed by atoms with Crippen LogP contribution in [-0.2, 0) is 4.79 Å². The molecule has 0 saturated carbocycles. The number of aromatic hydroxyl groups is 1. The second-order valence-electron chi connectivity index (χ2n) is 5.12. The van der Waals surface area contributed by atoms with Gasteiger partial charge in [0.15, 0.2) is 5.78 Å². The Kier molecular flexibility index (Phi) is 5.31. The van der Waals surface area contributed by atoms with E-state index < -0.39 is 0 Å². The number of nitrogens with one attached hydrogen (secondary N) is 1. The number of hydrogen-bond acceptors (Lipinski definition) is 4. The Morgan fingerprint density at radius 2 is 2.00 bits per heavy atom. The quantitative estimate of drug-likeness (QED) is 0.489. The number of fused-ring (bicyclic) bond motifs is 1. The number of hydrogen-bond donors (Lipinski definition) is 2. The van der Waals surface area contributed by atoms with E-state index in [1.165, 1.54) is 6.92 Å². The maximum atomic E-state index is 10.9. The number of rotatable bonds is 6. The molecule has 0 radical (unpaired) electrons. The van der Waals surface area contributed by atoms with Gasteiger partial charge in [0.1, 0.15) is 5.75 Å². The summed E-state index contributed by atoms with van der Waals surface area (Å²) < 4.78 is 0. The second kappa shape index (κ2) is 7.41. The van der Waals surface area contributed by atoms with Gasteiger partial charge >= 0.3 is 0 Å². The molecule has 2 aromatic carbocycles. The summed E-state index contributed by atoms with van der Waals surface area (Å²) in [4.78, 5) is 15.3. The number of phenolic OH excluding ortho intramolecular Hbond substituents is 1. The van der Waals surface area contributed by atoms with Crippen LogP contribution in [0.15, 0.2) is 53.2 Å². The number of benzene rings is 2. The van der Waals surface area contributed by atoms with E-state index in [-0.39, 0.29) is 11.5 Å². The van der Waals surface area contributed by atoms with Crippen LogP contribution in [-0.4, -0.2) is 30.2 Å². The topological polar surface area (TPSA) is 61.7 Å². The third-order valence-corrected chi connectivity index (χ3v) is 3.23. The molecule has 0 aliphatic rings. The fourth-order valence-corrected chi connectivity index (χ4v) is 2.25. The van der Waals surface area contributed by atoms with Gasteiger partial charge in [-0.25, -0.2) is 0 Å². The molecule has 0 unspecified atom stereocenters. The van der Waals surface area contributed by atoms with Gasteiger partial charge in [0.2, 0.25) is 0 Å². The van der Waals surface area contributed by atoms with Crippen molar-refractivity contribution < 1.29 is 9.90 Å². The highest BCUT2D eigenvalue weighted by molar-refractivity contribution is 6.02. The molecule has 4 heteroatoms. The molecular weight excluding hydrogens is 276 g/mol. The van der Waals surface area contributed by atoms with Crippen LogP contribution in [0.5, 0.6) is 5.75 Å². The predicted octanol–water partition coefficient (Wildman–Crippen LogP) is 3.05. The summed E-state index contributed by atoms with van der Waals surface area (Å²) in [7, 11) is 0. The molecule has 0 bridgehead atoms. The zero-order valence-electron chi connectivity index (χ0n) is 12.8. The van der Waals surface area contributed by atoms with Gasteiger partial charge in [-0.2, -0.15) is 0 Å². The first-order valence-corrected chi connectivity index (χ1v) is 7.21. The van der Waals surface area contributed by atoms with Gasteiger partial charge in [0, 0.05) is 24.0 Å². The van der Waals surface area contributed by atoms with E-state index in [2.05, 4.69) is 10.3 Å². The van der Waals surface area contributed by atoms with Gasteiger partial charge in [-0.15, -0.1) is 0 Å². The zero-order valence-corrected chi connectivity index (χ0v) is 12.8. The number of ketones is 1. The monoisotopic (exact) mass is 296 g/mol. The van der Waals surface area contributed by atoms with Crippen molar-refractivity contribution in [3.8, 4) is 5.75 Å². The van der Waals surface area contributed by atoms with Crippen molar-refractivity contribution in [1.29, 1.82) is 0 Å². The van der Waals surface area contributed by atoms with Crippen LogP contribution in [0.3, 0.4) is 0 Å². The molecule has 2 rings (SSSR count). The van der Waals surface area contributed by atoms with Crippen molar-refractivity contribution >= 4 is 22.8 Å². The standard InChI is InChI=1S/C18H20N2O2/c1-13(11-14(2)21)20-10-9-19-12-17-16-6-4-3-5-15(16)7-8-18(17)22/h3-8,11-12,20,22H,9-10H2,1-2H3. The molecule has 0 aliphatic heterocycles. The van der Waals surface area contributed by atoms with E-state index in [1.54, 1.807) is 18.4 Å². The molecule has 0 spiro atoms. The van der Waals surface area contributed by atoms with E-state index >= 15 is 0 Å². The lowest BCUT2D eigenvalue weighted by atomic mass is 10.0. The number of allylic oxidation sites excluding steroid dienone is 2. The van der Waals surface area contributed by atoms with Crippen LogP contribution >= 0.6 is 0 Å². The van der Waals surface area contributed by atoms with E-state index in [0.717, 1.165) is 22.0 Å². The number of nitrogens with zero attached hydrogens (tertiary/aromatic N) is 1. The average molecular weight is 296 g/mol. The minimum atomic E-state index is 0.0224. The van der Waals surface area contributed by atoms with Gasteiger partial charge in [0.05, 0.1) is 6.54 Å². The third-order valence-electron chi connectivity index (χ3n) is 3.23. The maximum absolute atomic E-state index is 10.9. The molecular formula is C18H20N2O2. The van der Waals surface area contributed by atoms with Crippen LogP contribution < -0.4 is 5.32 Å². The lowest BCUT2D eigenvalue weighted by molar-refractivity contribution is -0.112. The van der Waals surface area contributed by atoms with Gasteiger partial charge in [-0.05, 0) is 36.8 Å². The summed E-state index contributed by atoms with van der Waals surface area (Å²) in [5.41, 5.74) is 1.56. The Morgan fingerprint density at radius 1 is 1.23 bits per heavy atom. The van der Waals surface area contributed by atoms with Crippen molar-refractivity contribution in [3.05, 3.63) is 53.7 Å². The Morgan fingerprint density at radius 3 is 2.77 bits per heavy atom. The van der Waals surface area contributed by atoms with Crippen molar-refractivity contribution in [2.45, 2.75) is 13.8 Å². The minimum Gasteiger partial charge on any atom is -0.507 e. The Hall–Kier alpha value is -2.62. The van der Waals surface area contributed by atoms with Gasteiger partial charge in [0.25, 0.3) is 0 Å². The van der Waals surface area contributed by atoms with Crippen LogP contribution in [0, 0.1) is 0 Å². The zero-order chi connectivity index (χ0) is 15.9. The fraction of sp³-hybridized carbons (Fsp3) is 0.222. The summed E-state index contributed by atoms with van der Waals surface area (Å²) in [6.07, 6.45) is 3.25. The highest BCUT2D eigenvalue weighted by Crippen LogP contribution is 2.25. The van der Waals surface area contributed by atoms with E-state index in [1.807, 2.05) is 37.3 Å². The van der Waals surface area contributed by atoms with Gasteiger partial charge in [-0.3, -0.25) is 9.79 Å². The predicted molar refractivity (Wildman–Crippen MR) is 90.5 cm³/mol. The lowest BCUT2D eigenvalue weighted by Crippen LogP contribution is -2.16. The first-order chi connectivity index (χ1) is 10.6. The number of phenols is 1. The van der Waals surface area contributed by atoms with E-state index in [0.29, 0.717) is 13.1 Å². The van der Waals surface area contributed by atoms with Crippen LogP contribution in [0.1, 0.15) is 19.4 Å². The average Bonchev–Trinajstić information content (AvgIpc) is 2.48. The lowest BCUT2D eigenvalue weighted by Gasteiger charge is -2.05. The molecule has 0 amide bonds. The normalized spacial score (nSPS) is 12.0. The molecule has 0 fully saturated rings. The molecule has 0 saturated heterocycles. The molecule has 0 aliphatic carbocycles. The van der Waals surface area contributed by atoms with Crippen molar-refractivity contribution in [1.82, 2.24) is 5.32 Å². The molecule has 22 heavy (non-hydrogen) atoms. The molecule has 0 heterocycles. The van der Waals surface area contributed by atoms with Crippen LogP contribution in [0.4, 0.5) is 0 Å². The SMILES string of the molecule is CC(=O)C=C(C)NCCN=Cc1c(O)ccc2ccccc12. The Labute approximate surface area is 130 Å². The molecule has 2 N–H and O–H groups in total. The van der Waals surface area contributed by atoms with Crippen LogP contribution in [0.25, 0.3) is 10.8 Å². The molecule has 0 atom stereocenters. The number of carbonyl (C=O) groups excluding carboxylic acids is 1. The molecule has 2 aromatic rings. The van der Waals surface area contributed by atoms with Crippen molar-refractivity contribution in [2.24, 2.45) is 4.99 Å². The first-order valence-electron chi connectivity index (χ1n) is 7.21. The van der Waals surface area contributed by atoms with Gasteiger partial charge in [-0.1, -0.05) is 30.3 Å². The summed E-state index contributed by atoms with van der Waals surface area (Å²) in [6, 6.07) is 11.4. The second-order valence-corrected chi connectivity index (χ2v) is 5.12. The summed E-state index contributed by atoms with van der Waals surface area (Å²) in [5, 5.41) is 15.2. The third kappa shape index (κ3) is 4.19. The largest absolute Gasteiger partial charge is 0.507 e. The molecule has 114 valence electrons. The highest BCUT2D eigenvalue weighted by atomic mass is 16.3. The van der Waals surface area contributed by atoms with E-state index in [9.17, 15) is 9.90 Å². The van der Waals surface area contributed by atoms with E-state index in [4.69, 9.17) is 0 Å².